The van der Waals surface area contributed by atoms with Crippen LogP contribution in [-0.2, 0) is 6.18 Å². The Balaban J connectivity index is 3.15. The zero-order valence-corrected chi connectivity index (χ0v) is 9.91. The number of alkyl halides is 3. The molecule has 0 aliphatic rings. The summed E-state index contributed by atoms with van der Waals surface area (Å²) in [5.41, 5.74) is 6.06. The van der Waals surface area contributed by atoms with E-state index in [1.165, 1.54) is 6.07 Å². The van der Waals surface area contributed by atoms with Crippen molar-refractivity contribution in [2.45, 2.75) is 18.4 Å². The minimum Gasteiger partial charge on any atom is -0.390 e. The van der Waals surface area contributed by atoms with Crippen LogP contribution in [0.2, 0.25) is 0 Å². The van der Waals surface area contributed by atoms with Crippen molar-refractivity contribution in [2.24, 2.45) is 5.11 Å². The second-order valence-electron chi connectivity index (χ2n) is 3.84. The van der Waals surface area contributed by atoms with E-state index in [9.17, 15) is 23.4 Å². The molecule has 20 heavy (non-hydrogen) atoms. The highest BCUT2D eigenvalue weighted by Gasteiger charge is 2.34. The van der Waals surface area contributed by atoms with Gasteiger partial charge in [0, 0.05) is 4.91 Å². The molecule has 1 aromatic rings. The zero-order chi connectivity index (χ0) is 15.3. The lowest BCUT2D eigenvalue weighted by atomic mass is 9.98. The van der Waals surface area contributed by atoms with Gasteiger partial charge in [-0.05, 0) is 23.2 Å². The molecule has 9 heteroatoms. The van der Waals surface area contributed by atoms with E-state index in [1.807, 2.05) is 0 Å². The summed E-state index contributed by atoms with van der Waals surface area (Å²) in [4.78, 5) is 2.37. The van der Waals surface area contributed by atoms with Gasteiger partial charge in [0.25, 0.3) is 0 Å². The van der Waals surface area contributed by atoms with Crippen LogP contribution < -0.4 is 0 Å². The van der Waals surface area contributed by atoms with Gasteiger partial charge < -0.3 is 10.2 Å². The van der Waals surface area contributed by atoms with Crippen LogP contribution in [0.1, 0.15) is 22.8 Å². The van der Waals surface area contributed by atoms with E-state index in [2.05, 4.69) is 10.0 Å². The SMILES string of the molecule is N#Cc1ccc(C(O)C(O)CN=[N+]=[N-])cc1C(F)(F)F. The highest BCUT2D eigenvalue weighted by atomic mass is 19.4. The molecule has 0 heterocycles. The summed E-state index contributed by atoms with van der Waals surface area (Å²) in [6.45, 7) is -0.487. The van der Waals surface area contributed by atoms with Gasteiger partial charge in [0.15, 0.2) is 0 Å². The number of aliphatic hydroxyl groups is 2. The largest absolute Gasteiger partial charge is 0.417 e. The topological polar surface area (TPSA) is 113 Å². The Morgan fingerprint density at radius 2 is 2.05 bits per heavy atom. The van der Waals surface area contributed by atoms with Crippen molar-refractivity contribution in [3.63, 3.8) is 0 Å². The average Bonchev–Trinajstić information content (AvgIpc) is 2.42. The van der Waals surface area contributed by atoms with E-state index in [1.54, 1.807) is 0 Å². The maximum absolute atomic E-state index is 12.7. The van der Waals surface area contributed by atoms with Crippen LogP contribution in [0.25, 0.3) is 10.4 Å². The minimum atomic E-state index is -4.75. The van der Waals surface area contributed by atoms with Crippen molar-refractivity contribution >= 4 is 0 Å². The monoisotopic (exact) mass is 286 g/mol. The molecule has 2 N–H and O–H groups in total. The van der Waals surface area contributed by atoms with Gasteiger partial charge in [-0.1, -0.05) is 11.2 Å². The third-order valence-corrected chi connectivity index (χ3v) is 2.51. The summed E-state index contributed by atoms with van der Waals surface area (Å²) < 4.78 is 38.2. The number of aliphatic hydroxyl groups excluding tert-OH is 2. The van der Waals surface area contributed by atoms with Gasteiger partial charge in [-0.2, -0.15) is 18.4 Å². The molecule has 2 unspecified atom stereocenters. The van der Waals surface area contributed by atoms with E-state index in [-0.39, 0.29) is 5.56 Å². The summed E-state index contributed by atoms with van der Waals surface area (Å²) in [7, 11) is 0. The normalized spacial score (nSPS) is 14.0. The highest BCUT2D eigenvalue weighted by molar-refractivity contribution is 5.42. The smallest absolute Gasteiger partial charge is 0.390 e. The van der Waals surface area contributed by atoms with Crippen LogP contribution in [0.15, 0.2) is 23.3 Å². The van der Waals surface area contributed by atoms with Gasteiger partial charge in [-0.3, -0.25) is 0 Å². The fourth-order valence-corrected chi connectivity index (χ4v) is 1.52. The molecule has 0 spiro atoms. The molecular weight excluding hydrogens is 277 g/mol. The number of rotatable bonds is 4. The Hall–Kier alpha value is -2.27. The van der Waals surface area contributed by atoms with Crippen LogP contribution in [-0.4, -0.2) is 22.9 Å². The molecule has 0 saturated carbocycles. The lowest BCUT2D eigenvalue weighted by Crippen LogP contribution is -2.22. The van der Waals surface area contributed by atoms with Crippen molar-refractivity contribution in [1.29, 1.82) is 5.26 Å². The summed E-state index contributed by atoms with van der Waals surface area (Å²) in [6.07, 6.45) is -7.95. The Morgan fingerprint density at radius 1 is 1.40 bits per heavy atom. The second kappa shape index (κ2) is 6.25. The Kier molecular flexibility index (Phi) is 4.94. The first-order chi connectivity index (χ1) is 9.31. The van der Waals surface area contributed by atoms with Crippen molar-refractivity contribution in [1.82, 2.24) is 0 Å². The molecule has 0 aliphatic heterocycles. The predicted molar refractivity (Wildman–Crippen MR) is 61.1 cm³/mol. The van der Waals surface area contributed by atoms with Gasteiger partial charge in [0.05, 0.1) is 29.8 Å². The second-order valence-corrected chi connectivity index (χ2v) is 3.84. The molecule has 0 fully saturated rings. The van der Waals surface area contributed by atoms with E-state index in [4.69, 9.17) is 10.8 Å². The Bertz CT molecular complexity index is 576. The van der Waals surface area contributed by atoms with Crippen LogP contribution in [0.3, 0.4) is 0 Å². The summed E-state index contributed by atoms with van der Waals surface area (Å²) in [5, 5.41) is 30.8. The van der Waals surface area contributed by atoms with E-state index < -0.39 is 36.1 Å². The molecule has 1 rings (SSSR count). The highest BCUT2D eigenvalue weighted by Crippen LogP contribution is 2.34. The van der Waals surface area contributed by atoms with E-state index in [0.717, 1.165) is 12.1 Å². The van der Waals surface area contributed by atoms with Crippen LogP contribution >= 0.6 is 0 Å². The van der Waals surface area contributed by atoms with Crippen molar-refractivity contribution in [2.75, 3.05) is 6.54 Å². The number of nitriles is 1. The van der Waals surface area contributed by atoms with Gasteiger partial charge in [-0.15, -0.1) is 0 Å². The first-order valence-electron chi connectivity index (χ1n) is 5.29. The third-order valence-electron chi connectivity index (χ3n) is 2.51. The molecule has 106 valence electrons. The van der Waals surface area contributed by atoms with Gasteiger partial charge in [-0.25, -0.2) is 0 Å². The lowest BCUT2D eigenvalue weighted by molar-refractivity contribution is -0.137. The number of hydrogen-bond donors (Lipinski definition) is 2. The van der Waals surface area contributed by atoms with Crippen molar-refractivity contribution < 1.29 is 23.4 Å². The van der Waals surface area contributed by atoms with Gasteiger partial charge >= 0.3 is 6.18 Å². The molecule has 0 aromatic heterocycles. The van der Waals surface area contributed by atoms with Crippen molar-refractivity contribution in [3.05, 3.63) is 45.3 Å². The van der Waals surface area contributed by atoms with Crippen LogP contribution in [0.4, 0.5) is 13.2 Å². The van der Waals surface area contributed by atoms with Crippen LogP contribution in [0, 0.1) is 11.3 Å². The quantitative estimate of drug-likeness (QED) is 0.502. The maximum atomic E-state index is 12.7. The molecule has 0 aliphatic carbocycles. The van der Waals surface area contributed by atoms with Crippen LogP contribution in [0.5, 0.6) is 0 Å². The van der Waals surface area contributed by atoms with Crippen molar-refractivity contribution in [3.8, 4) is 6.07 Å². The number of halogens is 3. The molecular formula is C11H9F3N4O2. The summed E-state index contributed by atoms with van der Waals surface area (Å²) in [5.74, 6) is 0. The van der Waals surface area contributed by atoms with E-state index in [0.29, 0.717) is 6.07 Å². The Morgan fingerprint density at radius 3 is 2.55 bits per heavy atom. The molecule has 6 nitrogen and oxygen atoms in total. The number of hydrogen-bond acceptors (Lipinski definition) is 4. The minimum absolute atomic E-state index is 0.225. The zero-order valence-electron chi connectivity index (χ0n) is 9.91. The molecule has 0 amide bonds. The standard InChI is InChI=1S/C11H9F3N4O2/c12-11(13,14)8-3-6(1-2-7(8)4-15)10(20)9(19)5-17-18-16/h1-3,9-10,19-20H,5H2. The summed E-state index contributed by atoms with van der Waals surface area (Å²) >= 11 is 0. The number of benzene rings is 1. The number of azide groups is 1. The molecule has 0 saturated heterocycles. The first kappa shape index (κ1) is 15.8. The van der Waals surface area contributed by atoms with E-state index >= 15 is 0 Å². The molecule has 2 atom stereocenters. The molecule has 0 bridgehead atoms. The summed E-state index contributed by atoms with van der Waals surface area (Å²) in [6, 6.07) is 3.99. The molecule has 1 aromatic carbocycles. The molecule has 0 radical (unpaired) electrons. The fraction of sp³-hybridized carbons (Fsp3) is 0.364. The van der Waals surface area contributed by atoms with Gasteiger partial charge in [0.1, 0.15) is 6.10 Å². The average molecular weight is 286 g/mol. The predicted octanol–water partition coefficient (Wildman–Crippen LogP) is 2.28. The first-order valence-corrected chi connectivity index (χ1v) is 5.29. The Labute approximate surface area is 111 Å². The number of nitrogens with zero attached hydrogens (tertiary/aromatic N) is 4. The van der Waals surface area contributed by atoms with Gasteiger partial charge in [0.2, 0.25) is 0 Å². The lowest BCUT2D eigenvalue weighted by Gasteiger charge is -2.18. The fourth-order valence-electron chi connectivity index (χ4n) is 1.52. The third kappa shape index (κ3) is 3.61. The maximum Gasteiger partial charge on any atom is 0.417 e.